The van der Waals surface area contributed by atoms with Crippen LogP contribution in [0.4, 0.5) is 10.5 Å². The van der Waals surface area contributed by atoms with E-state index in [0.717, 1.165) is 16.5 Å². The van der Waals surface area contributed by atoms with Crippen LogP contribution in [0.3, 0.4) is 0 Å². The minimum absolute atomic E-state index is 0.0952. The predicted octanol–water partition coefficient (Wildman–Crippen LogP) is 5.73. The molecule has 4 nitrogen and oxygen atoms in total. The zero-order chi connectivity index (χ0) is 17.7. The number of halogens is 2. The van der Waals surface area contributed by atoms with Crippen molar-refractivity contribution in [3.05, 3.63) is 57.5 Å². The van der Waals surface area contributed by atoms with Crippen molar-refractivity contribution in [2.75, 3.05) is 19.4 Å². The highest BCUT2D eigenvalue weighted by molar-refractivity contribution is 9.10. The summed E-state index contributed by atoms with van der Waals surface area (Å²) in [5.41, 5.74) is 1.70. The molecule has 0 aromatic heterocycles. The van der Waals surface area contributed by atoms with Crippen molar-refractivity contribution in [1.29, 1.82) is 0 Å². The smallest absolute Gasteiger partial charge is 0.321 e. The second-order valence-electron chi connectivity index (χ2n) is 5.54. The van der Waals surface area contributed by atoms with E-state index in [9.17, 15) is 4.79 Å². The van der Waals surface area contributed by atoms with Gasteiger partial charge in [0, 0.05) is 24.3 Å². The molecule has 0 aliphatic heterocycles. The van der Waals surface area contributed by atoms with Gasteiger partial charge < -0.3 is 15.0 Å². The topological polar surface area (TPSA) is 41.6 Å². The molecule has 1 unspecified atom stereocenters. The van der Waals surface area contributed by atoms with Gasteiger partial charge in [0.1, 0.15) is 11.9 Å². The van der Waals surface area contributed by atoms with Crippen LogP contribution < -0.4 is 10.1 Å². The maximum Gasteiger partial charge on any atom is 0.321 e. The van der Waals surface area contributed by atoms with E-state index in [-0.39, 0.29) is 12.1 Å². The summed E-state index contributed by atoms with van der Waals surface area (Å²) in [5.74, 6) is 0.589. The number of carbonyl (C=O) groups is 1. The Bertz CT molecular complexity index is 722. The lowest BCUT2D eigenvalue weighted by molar-refractivity contribution is 0.201. The average Bonchev–Trinajstić information content (AvgIpc) is 2.54. The third-order valence-corrected chi connectivity index (χ3v) is 4.24. The number of anilines is 1. The number of hydrogen-bond donors (Lipinski definition) is 1. The number of rotatable bonds is 5. The number of carbonyl (C=O) groups excluding carboxylic acids is 1. The van der Waals surface area contributed by atoms with Gasteiger partial charge in [0.25, 0.3) is 0 Å². The van der Waals surface area contributed by atoms with Crippen molar-refractivity contribution >= 4 is 39.2 Å². The first-order chi connectivity index (χ1) is 11.4. The van der Waals surface area contributed by atoms with Gasteiger partial charge in [0.05, 0.1) is 5.02 Å². The fraction of sp³-hybridized carbons (Fsp3) is 0.278. The van der Waals surface area contributed by atoms with E-state index in [4.69, 9.17) is 16.3 Å². The lowest BCUT2D eigenvalue weighted by atomic mass is 10.1. The maximum atomic E-state index is 11.7. The Labute approximate surface area is 155 Å². The number of amides is 2. The second-order valence-corrected chi connectivity index (χ2v) is 6.86. The highest BCUT2D eigenvalue weighted by Crippen LogP contribution is 2.33. The highest BCUT2D eigenvalue weighted by Gasteiger charge is 2.14. The Morgan fingerprint density at radius 3 is 2.62 bits per heavy atom. The molecule has 2 amide bonds. The molecule has 1 atom stereocenters. The second kappa shape index (κ2) is 8.40. The first-order valence-corrected chi connectivity index (χ1v) is 8.77. The first-order valence-electron chi connectivity index (χ1n) is 7.60. The average molecular weight is 412 g/mol. The fourth-order valence-corrected chi connectivity index (χ4v) is 2.80. The van der Waals surface area contributed by atoms with Gasteiger partial charge in [0.15, 0.2) is 0 Å². The molecule has 0 saturated heterocycles. The molecule has 0 saturated carbocycles. The van der Waals surface area contributed by atoms with Gasteiger partial charge in [-0.25, -0.2) is 4.79 Å². The van der Waals surface area contributed by atoms with Gasteiger partial charge in [-0.15, -0.1) is 0 Å². The third kappa shape index (κ3) is 4.89. The van der Waals surface area contributed by atoms with E-state index in [0.29, 0.717) is 16.5 Å². The van der Waals surface area contributed by atoms with Crippen LogP contribution in [0.5, 0.6) is 5.75 Å². The first kappa shape index (κ1) is 18.6. The lowest BCUT2D eigenvalue weighted by Crippen LogP contribution is -2.27. The van der Waals surface area contributed by atoms with Crippen molar-refractivity contribution in [2.24, 2.45) is 0 Å². The molecule has 2 aromatic rings. The van der Waals surface area contributed by atoms with Crippen molar-refractivity contribution in [3.8, 4) is 5.75 Å². The van der Waals surface area contributed by atoms with Crippen molar-refractivity contribution in [3.63, 3.8) is 0 Å². The molecule has 2 aromatic carbocycles. The van der Waals surface area contributed by atoms with Gasteiger partial charge in [0.2, 0.25) is 0 Å². The molecule has 0 fully saturated rings. The normalized spacial score (nSPS) is 11.7. The number of urea groups is 1. The Morgan fingerprint density at radius 2 is 2.04 bits per heavy atom. The van der Waals surface area contributed by atoms with E-state index in [2.05, 4.69) is 28.2 Å². The molecule has 6 heteroatoms. The molecule has 0 radical (unpaired) electrons. The van der Waals surface area contributed by atoms with Crippen LogP contribution in [0.15, 0.2) is 46.9 Å². The summed E-state index contributed by atoms with van der Waals surface area (Å²) < 4.78 is 7.08. The molecule has 0 aliphatic carbocycles. The van der Waals surface area contributed by atoms with Gasteiger partial charge >= 0.3 is 6.03 Å². The van der Waals surface area contributed by atoms with Crippen molar-refractivity contribution in [1.82, 2.24) is 4.90 Å². The zero-order valence-corrected chi connectivity index (χ0v) is 16.2. The summed E-state index contributed by atoms with van der Waals surface area (Å²) in [4.78, 5) is 13.1. The lowest BCUT2D eigenvalue weighted by Gasteiger charge is -2.20. The van der Waals surface area contributed by atoms with E-state index in [1.807, 2.05) is 24.3 Å². The van der Waals surface area contributed by atoms with Gasteiger partial charge in [-0.1, -0.05) is 46.6 Å². The summed E-state index contributed by atoms with van der Waals surface area (Å²) in [5, 5.41) is 3.21. The summed E-state index contributed by atoms with van der Waals surface area (Å²) in [6.07, 6.45) is 0.716. The van der Waals surface area contributed by atoms with E-state index in [1.54, 1.807) is 32.3 Å². The Balaban J connectivity index is 2.15. The quantitative estimate of drug-likeness (QED) is 0.683. The number of benzene rings is 2. The highest BCUT2D eigenvalue weighted by atomic mass is 79.9. The Morgan fingerprint density at radius 1 is 1.29 bits per heavy atom. The standard InChI is InChI=1S/C18H20BrClN2O2/c1-4-16(12-6-5-7-13(19)10-12)24-17-9-8-14(11-15(17)20)21-18(23)22(2)3/h5-11,16H,4H2,1-3H3,(H,21,23). The van der Waals surface area contributed by atoms with Crippen LogP contribution in [0, 0.1) is 0 Å². The minimum atomic E-state index is -0.208. The molecular formula is C18H20BrClN2O2. The molecule has 0 spiro atoms. The van der Waals surface area contributed by atoms with Crippen LogP contribution in [-0.2, 0) is 0 Å². The zero-order valence-electron chi connectivity index (χ0n) is 13.8. The SMILES string of the molecule is CCC(Oc1ccc(NC(=O)N(C)C)cc1Cl)c1cccc(Br)c1. The van der Waals surface area contributed by atoms with Crippen LogP contribution in [0.1, 0.15) is 25.0 Å². The molecule has 24 heavy (non-hydrogen) atoms. The summed E-state index contributed by atoms with van der Waals surface area (Å²) in [6, 6.07) is 13.0. The van der Waals surface area contributed by atoms with E-state index >= 15 is 0 Å². The maximum absolute atomic E-state index is 11.7. The van der Waals surface area contributed by atoms with Crippen LogP contribution in [-0.4, -0.2) is 25.0 Å². The summed E-state index contributed by atoms with van der Waals surface area (Å²) >= 11 is 9.79. The molecule has 0 bridgehead atoms. The predicted molar refractivity (Wildman–Crippen MR) is 102 cm³/mol. The van der Waals surface area contributed by atoms with Crippen LogP contribution in [0.25, 0.3) is 0 Å². The monoisotopic (exact) mass is 410 g/mol. The van der Waals surface area contributed by atoms with Crippen LogP contribution >= 0.6 is 27.5 Å². The Kier molecular flexibility index (Phi) is 6.52. The number of nitrogens with zero attached hydrogens (tertiary/aromatic N) is 1. The largest absolute Gasteiger partial charge is 0.484 e. The van der Waals surface area contributed by atoms with Crippen molar-refractivity contribution in [2.45, 2.75) is 19.4 Å². The number of nitrogens with one attached hydrogen (secondary N) is 1. The number of hydrogen-bond acceptors (Lipinski definition) is 2. The molecule has 0 aliphatic rings. The van der Waals surface area contributed by atoms with E-state index < -0.39 is 0 Å². The van der Waals surface area contributed by atoms with Crippen molar-refractivity contribution < 1.29 is 9.53 Å². The molecule has 2 rings (SSSR count). The molecule has 1 N–H and O–H groups in total. The van der Waals surface area contributed by atoms with Gasteiger partial charge in [-0.3, -0.25) is 0 Å². The molecule has 128 valence electrons. The van der Waals surface area contributed by atoms with Gasteiger partial charge in [-0.2, -0.15) is 0 Å². The molecule has 0 heterocycles. The third-order valence-electron chi connectivity index (χ3n) is 3.45. The fourth-order valence-electron chi connectivity index (χ4n) is 2.16. The number of ether oxygens (including phenoxy) is 1. The minimum Gasteiger partial charge on any atom is -0.484 e. The molecular weight excluding hydrogens is 392 g/mol. The Hall–Kier alpha value is -1.72. The van der Waals surface area contributed by atoms with E-state index in [1.165, 1.54) is 4.90 Å². The van der Waals surface area contributed by atoms with Gasteiger partial charge in [-0.05, 0) is 42.3 Å². The van der Waals surface area contributed by atoms with Crippen LogP contribution in [0.2, 0.25) is 5.02 Å². The summed E-state index contributed by atoms with van der Waals surface area (Å²) in [7, 11) is 3.36. The summed E-state index contributed by atoms with van der Waals surface area (Å²) in [6.45, 7) is 2.06.